The van der Waals surface area contributed by atoms with Gasteiger partial charge in [0.1, 0.15) is 0 Å². The Morgan fingerprint density at radius 3 is 1.05 bits per heavy atom. The van der Waals surface area contributed by atoms with E-state index in [9.17, 15) is 53.1 Å². The molecule has 0 unspecified atom stereocenters. The van der Waals surface area contributed by atoms with Crippen LogP contribution in [0.25, 0.3) is 0 Å². The zero-order chi connectivity index (χ0) is 16.1. The summed E-state index contributed by atoms with van der Waals surface area (Å²) >= 11 is 0.641. The number of halogens is 12. The van der Waals surface area contributed by atoms with Crippen molar-refractivity contribution < 1.29 is 53.1 Å². The normalized spacial score (nSPS) is 15.6. The summed E-state index contributed by atoms with van der Waals surface area (Å²) < 4.78 is 126. The maximum Gasteiger partial charge on any atom is 0.461 e. The Bertz CT molecular complexity index is 347. The second kappa shape index (κ2) is 4.45. The van der Waals surface area contributed by atoms with Crippen molar-refractivity contribution in [3.63, 3.8) is 0 Å². The predicted octanol–water partition coefficient (Wildman–Crippen LogP) is 4.01. The van der Waals surface area contributed by atoms with Crippen molar-refractivity contribution in [1.29, 1.82) is 0 Å². The summed E-state index contributed by atoms with van der Waals surface area (Å²) in [6.07, 6.45) is -20.4. The lowest BCUT2D eigenvalue weighted by atomic mass is 9.97. The minimum atomic E-state index is -6.90. The molecular weight excluding hydrogens is 377 g/mol. The molecule has 0 saturated carbocycles. The average Bonchev–Trinajstić information content (AvgIpc) is 2.09. The Balaban J connectivity index is 6.06. The van der Waals surface area contributed by atoms with Crippen LogP contribution in [0.3, 0.4) is 0 Å². The molecule has 114 valence electrons. The van der Waals surface area contributed by atoms with Gasteiger partial charge in [0.25, 0.3) is 4.32 Å². The van der Waals surface area contributed by atoms with E-state index in [4.69, 9.17) is 0 Å². The molecule has 19 heavy (non-hydrogen) atoms. The Morgan fingerprint density at radius 2 is 0.895 bits per heavy atom. The molecule has 0 saturated heterocycles. The fourth-order valence-electron chi connectivity index (χ4n) is 0.763. The quantitative estimate of drug-likeness (QED) is 0.525. The van der Waals surface area contributed by atoms with Gasteiger partial charge in [-0.1, -0.05) is 15.9 Å². The van der Waals surface area contributed by atoms with Crippen LogP contribution in [0.4, 0.5) is 48.3 Å². The van der Waals surface area contributed by atoms with E-state index in [1.165, 1.54) is 0 Å². The zero-order valence-electron chi connectivity index (χ0n) is 7.94. The zero-order valence-corrected chi connectivity index (χ0v) is 9.53. The van der Waals surface area contributed by atoms with Crippen molar-refractivity contribution in [1.82, 2.24) is 0 Å². The van der Waals surface area contributed by atoms with E-state index in [1.807, 2.05) is 0 Å². The minimum absolute atomic E-state index is 0.641. The van der Waals surface area contributed by atoms with Crippen LogP contribution >= 0.6 is 15.9 Å². The van der Waals surface area contributed by atoms with Gasteiger partial charge in [0.05, 0.1) is 0 Å². The maximum atomic E-state index is 12.4. The molecule has 0 aliphatic rings. The van der Waals surface area contributed by atoms with Gasteiger partial charge in [-0.3, -0.25) is 4.79 Å². The van der Waals surface area contributed by atoms with E-state index in [1.54, 1.807) is 0 Å². The van der Waals surface area contributed by atoms with Gasteiger partial charge in [-0.2, -0.15) is 48.3 Å². The first-order chi connectivity index (χ1) is 7.90. The van der Waals surface area contributed by atoms with Crippen molar-refractivity contribution in [3.8, 4) is 0 Å². The number of carbonyl (C=O) groups excluding carboxylic acids is 1. The van der Waals surface area contributed by atoms with Gasteiger partial charge in [-0.25, -0.2) is 0 Å². The number of alkyl halides is 12. The molecule has 0 fully saturated rings. The van der Waals surface area contributed by atoms with Crippen molar-refractivity contribution >= 4 is 21.7 Å². The highest BCUT2D eigenvalue weighted by atomic mass is 79.9. The monoisotopic (exact) mass is 376 g/mol. The number of hydrogen-bond acceptors (Lipinski definition) is 1. The number of hydrogen-bond donors (Lipinski definition) is 0. The second-order valence-corrected chi connectivity index (χ2v) is 4.24. The molecule has 0 radical (unpaired) electrons. The van der Waals surface area contributed by atoms with Crippen LogP contribution in [0, 0.1) is 0 Å². The molecule has 0 bridgehead atoms. The van der Waals surface area contributed by atoms with E-state index in [2.05, 4.69) is 0 Å². The van der Waals surface area contributed by atoms with Gasteiger partial charge in [0.2, 0.25) is 5.78 Å². The number of rotatable bonds is 2. The van der Waals surface area contributed by atoms with Gasteiger partial charge >= 0.3 is 24.5 Å². The van der Waals surface area contributed by atoms with Crippen LogP contribution in [-0.4, -0.2) is 34.6 Å². The van der Waals surface area contributed by atoms with Gasteiger partial charge < -0.3 is 0 Å². The van der Waals surface area contributed by atoms with E-state index in [-0.39, 0.29) is 0 Å². The maximum absolute atomic E-state index is 12.4. The smallest absolute Gasteiger partial charge is 0.290 e. The van der Waals surface area contributed by atoms with E-state index < -0.39 is 34.6 Å². The van der Waals surface area contributed by atoms with Crippen LogP contribution in [0.1, 0.15) is 0 Å². The van der Waals surface area contributed by atoms with Crippen LogP contribution in [0.15, 0.2) is 0 Å². The van der Waals surface area contributed by atoms with E-state index >= 15 is 0 Å². The minimum Gasteiger partial charge on any atom is -0.290 e. The summed E-state index contributed by atoms with van der Waals surface area (Å²) in [4.78, 5) is 10.5. The largest absolute Gasteiger partial charge is 0.461 e. The lowest BCUT2D eigenvalue weighted by Crippen LogP contribution is -2.65. The lowest BCUT2D eigenvalue weighted by molar-refractivity contribution is -0.293. The molecule has 0 rings (SSSR count). The summed E-state index contributed by atoms with van der Waals surface area (Å²) in [6, 6.07) is 0. The van der Waals surface area contributed by atoms with Crippen molar-refractivity contribution in [2.75, 3.05) is 0 Å². The molecular formula is C6BrF11O. The Hall–Kier alpha value is -0.620. The molecule has 0 heterocycles. The topological polar surface area (TPSA) is 17.1 Å². The van der Waals surface area contributed by atoms with E-state index in [0.29, 0.717) is 15.9 Å². The molecule has 0 aromatic carbocycles. The summed E-state index contributed by atoms with van der Waals surface area (Å²) in [5, 5.41) is 0. The average molecular weight is 377 g/mol. The molecule has 0 aliphatic carbocycles. The molecule has 0 spiro atoms. The highest BCUT2D eigenvalue weighted by Crippen LogP contribution is 2.54. The van der Waals surface area contributed by atoms with Crippen molar-refractivity contribution in [2.24, 2.45) is 0 Å². The highest BCUT2D eigenvalue weighted by molar-refractivity contribution is 9.10. The first-order valence-electron chi connectivity index (χ1n) is 3.72. The first kappa shape index (κ1) is 18.4. The Kier molecular flexibility index (Phi) is 4.30. The summed E-state index contributed by atoms with van der Waals surface area (Å²) in [7, 11) is 0. The van der Waals surface area contributed by atoms with Crippen LogP contribution in [-0.2, 0) is 4.79 Å². The third-order valence-corrected chi connectivity index (χ3v) is 2.99. The summed E-state index contributed by atoms with van der Waals surface area (Å²) in [6.45, 7) is 0. The van der Waals surface area contributed by atoms with Gasteiger partial charge in [-0.05, 0) is 0 Å². The molecule has 0 aromatic heterocycles. The SMILES string of the molecule is O=C(C(F)(F)C(F)(F)F)C(Br)(C(F)(F)F)C(F)(F)F. The summed E-state index contributed by atoms with van der Waals surface area (Å²) in [5.41, 5.74) is 0. The lowest BCUT2D eigenvalue weighted by Gasteiger charge is -2.33. The highest BCUT2D eigenvalue weighted by Gasteiger charge is 2.81. The van der Waals surface area contributed by atoms with Crippen molar-refractivity contribution in [3.05, 3.63) is 0 Å². The Morgan fingerprint density at radius 1 is 0.632 bits per heavy atom. The number of ketones is 1. The fourth-order valence-corrected chi connectivity index (χ4v) is 1.01. The molecule has 0 amide bonds. The molecule has 13 heteroatoms. The fraction of sp³-hybridized carbons (Fsp3) is 0.833. The number of Topliss-reactive ketones (excluding diaryl/α,β-unsaturated/α-hetero) is 1. The molecule has 0 aliphatic heterocycles. The second-order valence-electron chi connectivity index (χ2n) is 3.06. The van der Waals surface area contributed by atoms with Crippen LogP contribution in [0.5, 0.6) is 0 Å². The molecule has 0 atom stereocenters. The predicted molar refractivity (Wildman–Crippen MR) is 39.8 cm³/mol. The molecule has 1 nitrogen and oxygen atoms in total. The van der Waals surface area contributed by atoms with E-state index in [0.717, 1.165) is 0 Å². The number of carbonyl (C=O) groups is 1. The molecule has 0 aromatic rings. The molecule has 0 N–H and O–H groups in total. The first-order valence-corrected chi connectivity index (χ1v) is 4.51. The Labute approximate surface area is 104 Å². The van der Waals surface area contributed by atoms with Gasteiger partial charge in [0, 0.05) is 0 Å². The standard InChI is InChI=1S/C6BrF11O/c7-2(4(10,11)12,5(13,14)15)1(19)3(8,9)6(16,17)18. The summed E-state index contributed by atoms with van der Waals surface area (Å²) in [5.74, 6) is -11.2. The van der Waals surface area contributed by atoms with Crippen molar-refractivity contribution in [2.45, 2.75) is 28.8 Å². The van der Waals surface area contributed by atoms with Crippen LogP contribution in [0.2, 0.25) is 0 Å². The van der Waals surface area contributed by atoms with Gasteiger partial charge in [0.15, 0.2) is 0 Å². The van der Waals surface area contributed by atoms with Gasteiger partial charge in [-0.15, -0.1) is 0 Å². The third kappa shape index (κ3) is 2.79. The third-order valence-electron chi connectivity index (χ3n) is 1.74. The van der Waals surface area contributed by atoms with Crippen LogP contribution < -0.4 is 0 Å².